The average molecular weight is 558 g/mol. The van der Waals surface area contributed by atoms with Gasteiger partial charge in [0.1, 0.15) is 5.69 Å². The zero-order valence-electron chi connectivity index (χ0n) is 23.9. The third-order valence-electron chi connectivity index (χ3n) is 7.94. The molecule has 0 unspecified atom stereocenters. The number of ether oxygens (including phenoxy) is 1. The summed E-state index contributed by atoms with van der Waals surface area (Å²) in [5.74, 6) is 0.764. The summed E-state index contributed by atoms with van der Waals surface area (Å²) >= 11 is 1.59. The molecule has 40 heavy (non-hydrogen) atoms. The van der Waals surface area contributed by atoms with Crippen LogP contribution in [-0.2, 0) is 21.5 Å². The van der Waals surface area contributed by atoms with Crippen LogP contribution in [0, 0.1) is 5.92 Å². The first-order chi connectivity index (χ1) is 19.2. The molecule has 1 amide bonds. The van der Waals surface area contributed by atoms with Crippen LogP contribution < -0.4 is 5.32 Å². The van der Waals surface area contributed by atoms with E-state index in [4.69, 9.17) is 4.74 Å². The molecular formula is C33H39N3O3S. The van der Waals surface area contributed by atoms with E-state index >= 15 is 0 Å². The predicted octanol–water partition coefficient (Wildman–Crippen LogP) is 7.52. The van der Waals surface area contributed by atoms with Crippen molar-refractivity contribution >= 4 is 28.2 Å². The molecule has 0 aliphatic heterocycles. The van der Waals surface area contributed by atoms with E-state index in [0.29, 0.717) is 37.1 Å². The minimum atomic E-state index is -0.168. The lowest BCUT2D eigenvalue weighted by Gasteiger charge is -2.28. The van der Waals surface area contributed by atoms with Gasteiger partial charge < -0.3 is 10.1 Å². The van der Waals surface area contributed by atoms with E-state index in [0.717, 1.165) is 46.6 Å². The summed E-state index contributed by atoms with van der Waals surface area (Å²) in [5, 5.41) is 2.99. The van der Waals surface area contributed by atoms with Crippen molar-refractivity contribution in [2.45, 2.75) is 77.7 Å². The van der Waals surface area contributed by atoms with Crippen molar-refractivity contribution in [1.82, 2.24) is 14.7 Å². The summed E-state index contributed by atoms with van der Waals surface area (Å²) in [5.41, 5.74) is 5.40. The number of nitrogens with one attached hydrogen (secondary N) is 1. The minimum Gasteiger partial charge on any atom is -0.466 e. The largest absolute Gasteiger partial charge is 0.466 e. The van der Waals surface area contributed by atoms with Gasteiger partial charge in [0.25, 0.3) is 5.91 Å². The van der Waals surface area contributed by atoms with Crippen LogP contribution in [0.3, 0.4) is 0 Å². The van der Waals surface area contributed by atoms with Crippen LogP contribution >= 0.6 is 11.3 Å². The standard InChI is InChI=1S/C33H39N3O3S/c1-5-39-30(37)18-22-6-10-24(11-7-22)25-12-14-26(15-13-25)29-21-36-20-28(35-32(36)40-29)31(38)34-19-23-8-16-27(17-9-23)33(2,3)4/h8-9,12-17,20-22,24H,5-7,10-11,18-19H2,1-4H3,(H,34,38). The van der Waals surface area contributed by atoms with Crippen molar-refractivity contribution in [1.29, 1.82) is 0 Å². The fourth-order valence-corrected chi connectivity index (χ4v) is 6.48. The van der Waals surface area contributed by atoms with Crippen LogP contribution in [-0.4, -0.2) is 27.9 Å². The number of amides is 1. The first-order valence-electron chi connectivity index (χ1n) is 14.3. The van der Waals surface area contributed by atoms with Gasteiger partial charge in [-0.15, -0.1) is 0 Å². The molecule has 210 valence electrons. The molecule has 1 saturated carbocycles. The van der Waals surface area contributed by atoms with E-state index in [1.807, 2.05) is 17.5 Å². The second kappa shape index (κ2) is 12.0. The molecule has 0 radical (unpaired) electrons. The second-order valence-electron chi connectivity index (χ2n) is 11.9. The molecule has 6 nitrogen and oxygen atoms in total. The van der Waals surface area contributed by atoms with Gasteiger partial charge in [-0.1, -0.05) is 80.6 Å². The molecule has 0 spiro atoms. The van der Waals surface area contributed by atoms with Crippen LogP contribution in [0.1, 0.15) is 92.9 Å². The molecule has 0 atom stereocenters. The number of carbonyl (C=O) groups excluding carboxylic acids is 2. The molecule has 2 aromatic heterocycles. The summed E-state index contributed by atoms with van der Waals surface area (Å²) in [6.45, 7) is 9.37. The Balaban J connectivity index is 1.16. The first kappa shape index (κ1) is 28.1. The van der Waals surface area contributed by atoms with Crippen LogP contribution in [0.15, 0.2) is 60.9 Å². The highest BCUT2D eigenvalue weighted by Gasteiger charge is 2.24. The minimum absolute atomic E-state index is 0.0627. The molecule has 1 N–H and O–H groups in total. The Kier molecular flexibility index (Phi) is 8.40. The monoisotopic (exact) mass is 557 g/mol. The number of rotatable bonds is 8. The Morgan fingerprint density at radius 3 is 2.33 bits per heavy atom. The summed E-state index contributed by atoms with van der Waals surface area (Å²) in [4.78, 5) is 31.1. The van der Waals surface area contributed by atoms with Crippen LogP contribution in [0.5, 0.6) is 0 Å². The molecule has 1 aliphatic rings. The summed E-state index contributed by atoms with van der Waals surface area (Å²) in [6.07, 6.45) is 8.78. The van der Waals surface area contributed by atoms with Gasteiger partial charge in [-0.05, 0) is 72.1 Å². The third-order valence-corrected chi connectivity index (χ3v) is 8.98. The van der Waals surface area contributed by atoms with E-state index in [-0.39, 0.29) is 17.3 Å². The Morgan fingerprint density at radius 1 is 1.00 bits per heavy atom. The number of benzene rings is 2. The van der Waals surface area contributed by atoms with Gasteiger partial charge in [-0.25, -0.2) is 4.98 Å². The number of fused-ring (bicyclic) bond motifs is 1. The van der Waals surface area contributed by atoms with Gasteiger partial charge in [0.2, 0.25) is 0 Å². The van der Waals surface area contributed by atoms with E-state index in [2.05, 4.69) is 79.6 Å². The zero-order valence-corrected chi connectivity index (χ0v) is 24.7. The quantitative estimate of drug-likeness (QED) is 0.228. The Morgan fingerprint density at radius 2 is 1.70 bits per heavy atom. The molecule has 5 rings (SSSR count). The van der Waals surface area contributed by atoms with E-state index in [9.17, 15) is 9.59 Å². The summed E-state index contributed by atoms with van der Waals surface area (Å²) < 4.78 is 7.06. The molecule has 0 saturated heterocycles. The lowest BCUT2D eigenvalue weighted by molar-refractivity contribution is -0.144. The molecule has 2 aromatic carbocycles. The maximum absolute atomic E-state index is 12.8. The number of thiazole rings is 1. The summed E-state index contributed by atoms with van der Waals surface area (Å²) in [6, 6.07) is 17.2. The molecule has 4 aromatic rings. The molecule has 1 fully saturated rings. The Hall–Kier alpha value is -3.45. The van der Waals surface area contributed by atoms with Crippen molar-refractivity contribution in [3.63, 3.8) is 0 Å². The van der Waals surface area contributed by atoms with E-state index < -0.39 is 0 Å². The summed E-state index contributed by atoms with van der Waals surface area (Å²) in [7, 11) is 0. The van der Waals surface area contributed by atoms with Gasteiger partial charge in [0, 0.05) is 25.4 Å². The van der Waals surface area contributed by atoms with Gasteiger partial charge in [0.05, 0.1) is 11.5 Å². The predicted molar refractivity (Wildman–Crippen MR) is 161 cm³/mol. The van der Waals surface area contributed by atoms with Gasteiger partial charge in [-0.3, -0.25) is 14.0 Å². The van der Waals surface area contributed by atoms with E-state index in [1.165, 1.54) is 11.1 Å². The van der Waals surface area contributed by atoms with Crippen LogP contribution in [0.2, 0.25) is 0 Å². The van der Waals surface area contributed by atoms with Crippen molar-refractivity contribution < 1.29 is 14.3 Å². The fourth-order valence-electron chi connectivity index (χ4n) is 5.51. The van der Waals surface area contributed by atoms with Crippen molar-refractivity contribution in [2.24, 2.45) is 5.92 Å². The maximum atomic E-state index is 12.8. The SMILES string of the molecule is CCOC(=O)CC1CCC(c2ccc(-c3cn4cc(C(=O)NCc5ccc(C(C)(C)C)cc5)nc4s3)cc2)CC1. The highest BCUT2D eigenvalue weighted by atomic mass is 32.1. The topological polar surface area (TPSA) is 72.7 Å². The van der Waals surface area contributed by atoms with Gasteiger partial charge in [0.15, 0.2) is 4.96 Å². The molecule has 7 heteroatoms. The molecular weight excluding hydrogens is 518 g/mol. The highest BCUT2D eigenvalue weighted by Crippen LogP contribution is 2.38. The smallest absolute Gasteiger partial charge is 0.306 e. The number of aromatic nitrogens is 2. The molecule has 2 heterocycles. The van der Waals surface area contributed by atoms with Crippen molar-refractivity contribution in [2.75, 3.05) is 6.61 Å². The number of nitrogens with zero attached hydrogens (tertiary/aromatic N) is 2. The Labute approximate surface area is 240 Å². The zero-order chi connectivity index (χ0) is 28.3. The normalized spacial score (nSPS) is 17.6. The molecule has 1 aliphatic carbocycles. The fraction of sp³-hybridized carbons (Fsp3) is 0.424. The Bertz CT molecular complexity index is 1420. The number of hydrogen-bond donors (Lipinski definition) is 1. The van der Waals surface area contributed by atoms with E-state index in [1.54, 1.807) is 17.5 Å². The maximum Gasteiger partial charge on any atom is 0.306 e. The number of carbonyl (C=O) groups is 2. The van der Waals surface area contributed by atoms with Crippen LogP contribution in [0.25, 0.3) is 15.4 Å². The second-order valence-corrected chi connectivity index (χ2v) is 12.9. The first-order valence-corrected chi connectivity index (χ1v) is 15.1. The number of imidazole rings is 1. The number of hydrogen-bond acceptors (Lipinski definition) is 5. The number of esters is 1. The highest BCUT2D eigenvalue weighted by molar-refractivity contribution is 7.20. The molecule has 0 bridgehead atoms. The van der Waals surface area contributed by atoms with Crippen molar-refractivity contribution in [3.05, 3.63) is 83.3 Å². The van der Waals surface area contributed by atoms with Gasteiger partial charge >= 0.3 is 5.97 Å². The lowest BCUT2D eigenvalue weighted by Crippen LogP contribution is -2.23. The van der Waals surface area contributed by atoms with Gasteiger partial charge in [-0.2, -0.15) is 0 Å². The van der Waals surface area contributed by atoms with Crippen LogP contribution in [0.4, 0.5) is 0 Å². The third kappa shape index (κ3) is 6.64. The average Bonchev–Trinajstić information content (AvgIpc) is 3.52. The lowest BCUT2D eigenvalue weighted by atomic mass is 9.77. The van der Waals surface area contributed by atoms with Crippen molar-refractivity contribution in [3.8, 4) is 10.4 Å².